The largest absolute Gasteiger partial charge is 0.320 e. The van der Waals surface area contributed by atoms with E-state index >= 15 is 0 Å². The quantitative estimate of drug-likeness (QED) is 0.404. The lowest BCUT2D eigenvalue weighted by atomic mass is 10.1. The van der Waals surface area contributed by atoms with Crippen molar-refractivity contribution in [1.29, 1.82) is 0 Å². The summed E-state index contributed by atoms with van der Waals surface area (Å²) in [4.78, 5) is 11.6. The maximum absolute atomic E-state index is 11.6. The summed E-state index contributed by atoms with van der Waals surface area (Å²) in [5, 5.41) is 0.126. The van der Waals surface area contributed by atoms with Crippen LogP contribution in [-0.2, 0) is 9.32 Å². The number of hydroxylamine groups is 1. The summed E-state index contributed by atoms with van der Waals surface area (Å²) in [6.45, 7) is 12.9. The fourth-order valence-corrected chi connectivity index (χ4v) is 1.95. The Bertz CT molecular complexity index is 247. The third-order valence-electron chi connectivity index (χ3n) is 3.73. The zero-order valence-electron chi connectivity index (χ0n) is 13.1. The molecule has 3 nitrogen and oxygen atoms in total. The minimum Gasteiger partial charge on any atom is -0.320 e. The van der Waals surface area contributed by atoms with Gasteiger partial charge in [0.1, 0.15) is 0 Å². The van der Waals surface area contributed by atoms with Crippen LogP contribution in [0, 0.1) is 0 Å². The Hall–Kier alpha value is -0.353. The highest BCUT2D eigenvalue weighted by molar-refractivity contribution is 6.74. The van der Waals surface area contributed by atoms with Crippen LogP contribution in [0.3, 0.4) is 0 Å². The molecule has 0 aliphatic heterocycles. The summed E-state index contributed by atoms with van der Waals surface area (Å²) in [5.74, 6) is 0.0244. The first kappa shape index (κ1) is 17.6. The van der Waals surface area contributed by atoms with Crippen LogP contribution in [0.2, 0.25) is 18.1 Å². The second kappa shape index (κ2) is 7.95. The average molecular weight is 273 g/mol. The Balaban J connectivity index is 3.77. The van der Waals surface area contributed by atoms with Crippen molar-refractivity contribution in [3.05, 3.63) is 0 Å². The summed E-state index contributed by atoms with van der Waals surface area (Å²) in [6.07, 6.45) is 6.42. The molecule has 0 aliphatic carbocycles. The van der Waals surface area contributed by atoms with E-state index in [0.717, 1.165) is 12.8 Å². The molecule has 4 heteroatoms. The second-order valence-electron chi connectivity index (χ2n) is 6.55. The molecule has 0 aromatic rings. The van der Waals surface area contributed by atoms with Gasteiger partial charge in [0.15, 0.2) is 0 Å². The topological polar surface area (TPSA) is 38.3 Å². The molecule has 0 saturated heterocycles. The molecule has 0 fully saturated rings. The van der Waals surface area contributed by atoms with Crippen molar-refractivity contribution in [2.45, 2.75) is 84.4 Å². The van der Waals surface area contributed by atoms with Crippen LogP contribution in [-0.4, -0.2) is 14.2 Å². The number of carbonyl (C=O) groups is 1. The van der Waals surface area contributed by atoms with E-state index in [-0.39, 0.29) is 10.9 Å². The van der Waals surface area contributed by atoms with E-state index in [1.54, 1.807) is 0 Å². The molecule has 0 aliphatic rings. The Kier molecular flexibility index (Phi) is 7.79. The summed E-state index contributed by atoms with van der Waals surface area (Å²) in [5.41, 5.74) is 2.64. The first-order valence-electron chi connectivity index (χ1n) is 7.17. The predicted molar refractivity (Wildman–Crippen MR) is 79.8 cm³/mol. The van der Waals surface area contributed by atoms with Crippen LogP contribution < -0.4 is 5.48 Å². The Morgan fingerprint density at radius 3 is 2.17 bits per heavy atom. The van der Waals surface area contributed by atoms with Crippen LogP contribution in [0.5, 0.6) is 0 Å². The Labute approximate surface area is 114 Å². The van der Waals surface area contributed by atoms with Crippen molar-refractivity contribution in [3.63, 3.8) is 0 Å². The minimum atomic E-state index is -1.86. The Morgan fingerprint density at radius 1 is 1.11 bits per heavy atom. The van der Waals surface area contributed by atoms with E-state index < -0.39 is 8.32 Å². The van der Waals surface area contributed by atoms with Crippen molar-refractivity contribution in [1.82, 2.24) is 5.48 Å². The normalized spacial score (nSPS) is 12.6. The molecule has 0 radical (unpaired) electrons. The molecule has 1 N–H and O–H groups in total. The van der Waals surface area contributed by atoms with Gasteiger partial charge in [0.25, 0.3) is 0 Å². The van der Waals surface area contributed by atoms with Gasteiger partial charge in [-0.1, -0.05) is 53.4 Å². The van der Waals surface area contributed by atoms with Crippen LogP contribution in [0.25, 0.3) is 0 Å². The van der Waals surface area contributed by atoms with Gasteiger partial charge in [-0.05, 0) is 24.6 Å². The van der Waals surface area contributed by atoms with Crippen LogP contribution >= 0.6 is 0 Å². The van der Waals surface area contributed by atoms with Gasteiger partial charge >= 0.3 is 0 Å². The number of nitrogens with one attached hydrogen (secondary N) is 1. The maximum Gasteiger partial charge on any atom is 0.242 e. The van der Waals surface area contributed by atoms with Gasteiger partial charge in [-0.15, -0.1) is 0 Å². The highest BCUT2D eigenvalue weighted by Gasteiger charge is 2.38. The van der Waals surface area contributed by atoms with Gasteiger partial charge in [-0.2, -0.15) is 0 Å². The first-order valence-corrected chi connectivity index (χ1v) is 10.1. The third-order valence-corrected chi connectivity index (χ3v) is 7.96. The van der Waals surface area contributed by atoms with Gasteiger partial charge < -0.3 is 4.53 Å². The SMILES string of the molecule is CCCCCCCC(=O)NO[Si](C)(C)C(C)(C)C. The molecule has 0 heterocycles. The molecule has 0 aromatic carbocycles. The van der Waals surface area contributed by atoms with Gasteiger partial charge in [0.2, 0.25) is 14.2 Å². The monoisotopic (exact) mass is 273 g/mol. The van der Waals surface area contributed by atoms with Gasteiger partial charge in [0, 0.05) is 6.42 Å². The molecule has 0 spiro atoms. The van der Waals surface area contributed by atoms with E-state index in [9.17, 15) is 4.79 Å². The average Bonchev–Trinajstić information content (AvgIpc) is 2.24. The highest BCUT2D eigenvalue weighted by atomic mass is 28.4. The van der Waals surface area contributed by atoms with Crippen LogP contribution in [0.1, 0.15) is 66.2 Å². The lowest BCUT2D eigenvalue weighted by Crippen LogP contribution is -2.46. The molecule has 0 rings (SSSR count). The molecule has 18 heavy (non-hydrogen) atoms. The first-order chi connectivity index (χ1) is 8.20. The van der Waals surface area contributed by atoms with E-state index in [1.807, 2.05) is 0 Å². The fraction of sp³-hybridized carbons (Fsp3) is 0.929. The maximum atomic E-state index is 11.6. The van der Waals surface area contributed by atoms with E-state index in [1.165, 1.54) is 19.3 Å². The molecule has 0 atom stereocenters. The fourth-order valence-electron chi connectivity index (χ4n) is 1.28. The molecular weight excluding hydrogens is 242 g/mol. The van der Waals surface area contributed by atoms with Crippen molar-refractivity contribution in [2.24, 2.45) is 0 Å². The van der Waals surface area contributed by atoms with E-state index in [2.05, 4.69) is 46.3 Å². The molecule has 0 saturated carbocycles. The minimum absolute atomic E-state index is 0.0244. The number of hydrogen-bond acceptors (Lipinski definition) is 2. The van der Waals surface area contributed by atoms with Crippen LogP contribution in [0.4, 0.5) is 0 Å². The number of rotatable bonds is 8. The molecule has 0 unspecified atom stereocenters. The summed E-state index contributed by atoms with van der Waals surface area (Å²) in [6, 6.07) is 0. The predicted octanol–water partition coefficient (Wildman–Crippen LogP) is 4.40. The third kappa shape index (κ3) is 7.16. The lowest BCUT2D eigenvalue weighted by Gasteiger charge is -2.35. The standard InChI is InChI=1S/C14H31NO2Si/c1-7-8-9-10-11-12-13(16)15-17-18(5,6)14(2,3)4/h7-12H2,1-6H3,(H,15,16). The van der Waals surface area contributed by atoms with Crippen molar-refractivity contribution < 1.29 is 9.32 Å². The molecule has 0 bridgehead atoms. The van der Waals surface area contributed by atoms with Crippen molar-refractivity contribution in [3.8, 4) is 0 Å². The molecule has 0 aromatic heterocycles. The van der Waals surface area contributed by atoms with Gasteiger partial charge in [-0.3, -0.25) is 4.79 Å². The highest BCUT2D eigenvalue weighted by Crippen LogP contribution is 2.35. The van der Waals surface area contributed by atoms with Gasteiger partial charge in [0.05, 0.1) is 0 Å². The smallest absolute Gasteiger partial charge is 0.242 e. The van der Waals surface area contributed by atoms with Gasteiger partial charge in [-0.25, -0.2) is 5.48 Å². The van der Waals surface area contributed by atoms with E-state index in [0.29, 0.717) is 6.42 Å². The Morgan fingerprint density at radius 2 is 1.67 bits per heavy atom. The zero-order valence-corrected chi connectivity index (χ0v) is 14.1. The number of carbonyl (C=O) groups excluding carboxylic acids is 1. The van der Waals surface area contributed by atoms with Crippen molar-refractivity contribution >= 4 is 14.2 Å². The van der Waals surface area contributed by atoms with E-state index in [4.69, 9.17) is 4.53 Å². The van der Waals surface area contributed by atoms with Crippen LogP contribution in [0.15, 0.2) is 0 Å². The summed E-state index contributed by atoms with van der Waals surface area (Å²) < 4.78 is 5.67. The lowest BCUT2D eigenvalue weighted by molar-refractivity contribution is -0.128. The number of unbranched alkanes of at least 4 members (excludes halogenated alkanes) is 4. The zero-order chi connectivity index (χ0) is 14.2. The summed E-state index contributed by atoms with van der Waals surface area (Å²) in [7, 11) is -1.86. The van der Waals surface area contributed by atoms with Crippen molar-refractivity contribution in [2.75, 3.05) is 0 Å². The second-order valence-corrected chi connectivity index (χ2v) is 11.3. The number of hydrogen-bond donors (Lipinski definition) is 1. The molecule has 108 valence electrons. The number of amides is 1. The molecule has 1 amide bonds. The summed E-state index contributed by atoms with van der Waals surface area (Å²) >= 11 is 0. The molecular formula is C14H31NO2Si.